The summed E-state index contributed by atoms with van der Waals surface area (Å²) in [5.41, 5.74) is 0. The van der Waals surface area contributed by atoms with E-state index >= 15 is 0 Å². The molecule has 2 unspecified atom stereocenters. The number of carbonyl (C=O) groups excluding carboxylic acids is 2. The van der Waals surface area contributed by atoms with Crippen LogP contribution < -0.4 is 5.32 Å². The average Bonchev–Trinajstić information content (AvgIpc) is 3.07. The second kappa shape index (κ2) is 4.94. The molecule has 3 aliphatic rings. The molecule has 0 aromatic rings. The third kappa shape index (κ3) is 2.04. The molecule has 3 aliphatic heterocycles. The van der Waals surface area contributed by atoms with Crippen molar-refractivity contribution in [3.05, 3.63) is 12.2 Å². The molecule has 19 heavy (non-hydrogen) atoms. The van der Waals surface area contributed by atoms with Gasteiger partial charge < -0.3 is 19.7 Å². The summed E-state index contributed by atoms with van der Waals surface area (Å²) in [4.78, 5) is 26.3. The molecule has 0 radical (unpaired) electrons. The van der Waals surface area contributed by atoms with Gasteiger partial charge in [-0.2, -0.15) is 0 Å². The number of hydrogen-bond donors (Lipinski definition) is 1. The summed E-state index contributed by atoms with van der Waals surface area (Å²) in [6, 6.07) is 0. The standard InChI is InChI=1S/C13H18N2O4/c1-18-13(17)11-9-3-2-8(19-9)10(11)12(16)15-6-4-14-5-7-15/h2-3,8-11,14H,4-7H2,1H3/t8-,9+,10?,11?/m0/s1. The van der Waals surface area contributed by atoms with E-state index in [1.165, 1.54) is 7.11 Å². The summed E-state index contributed by atoms with van der Waals surface area (Å²) in [7, 11) is 1.35. The molecule has 3 heterocycles. The molecule has 0 spiro atoms. The Hall–Kier alpha value is -1.40. The van der Waals surface area contributed by atoms with Crippen molar-refractivity contribution in [2.45, 2.75) is 12.2 Å². The summed E-state index contributed by atoms with van der Waals surface area (Å²) in [5.74, 6) is -1.28. The molecule has 6 nitrogen and oxygen atoms in total. The van der Waals surface area contributed by atoms with Crippen LogP contribution in [0, 0.1) is 11.8 Å². The molecule has 1 N–H and O–H groups in total. The largest absolute Gasteiger partial charge is 0.469 e. The van der Waals surface area contributed by atoms with Crippen LogP contribution in [0.15, 0.2) is 12.2 Å². The number of rotatable bonds is 2. The number of carbonyl (C=O) groups is 2. The molecular weight excluding hydrogens is 248 g/mol. The van der Waals surface area contributed by atoms with Crippen LogP contribution in [0.3, 0.4) is 0 Å². The Labute approximate surface area is 111 Å². The van der Waals surface area contributed by atoms with Gasteiger partial charge in [-0.1, -0.05) is 12.2 Å². The zero-order valence-corrected chi connectivity index (χ0v) is 10.9. The van der Waals surface area contributed by atoms with E-state index in [1.807, 2.05) is 17.1 Å². The van der Waals surface area contributed by atoms with Gasteiger partial charge in [0.1, 0.15) is 5.92 Å². The van der Waals surface area contributed by atoms with Crippen LogP contribution >= 0.6 is 0 Å². The third-order valence-electron chi connectivity index (χ3n) is 4.09. The van der Waals surface area contributed by atoms with Gasteiger partial charge in [-0.15, -0.1) is 0 Å². The fourth-order valence-corrected chi connectivity index (χ4v) is 3.12. The van der Waals surface area contributed by atoms with Crippen LogP contribution in [0.25, 0.3) is 0 Å². The minimum Gasteiger partial charge on any atom is -0.469 e. The van der Waals surface area contributed by atoms with Crippen molar-refractivity contribution in [2.24, 2.45) is 11.8 Å². The fourth-order valence-electron chi connectivity index (χ4n) is 3.12. The Morgan fingerprint density at radius 2 is 1.84 bits per heavy atom. The van der Waals surface area contributed by atoms with Crippen molar-refractivity contribution >= 4 is 11.9 Å². The Balaban J connectivity index is 1.79. The highest BCUT2D eigenvalue weighted by molar-refractivity contribution is 5.88. The van der Waals surface area contributed by atoms with Crippen molar-refractivity contribution in [1.82, 2.24) is 10.2 Å². The molecule has 0 aromatic carbocycles. The Morgan fingerprint density at radius 3 is 2.47 bits per heavy atom. The molecule has 3 rings (SSSR count). The van der Waals surface area contributed by atoms with Crippen molar-refractivity contribution in [1.29, 1.82) is 0 Å². The maximum atomic E-state index is 12.6. The molecule has 2 fully saturated rings. The smallest absolute Gasteiger partial charge is 0.312 e. The Bertz CT molecular complexity index is 417. The summed E-state index contributed by atoms with van der Waals surface area (Å²) >= 11 is 0. The number of hydrogen-bond acceptors (Lipinski definition) is 5. The average molecular weight is 266 g/mol. The van der Waals surface area contributed by atoms with E-state index in [-0.39, 0.29) is 24.1 Å². The normalized spacial score (nSPS) is 36.6. The van der Waals surface area contributed by atoms with Crippen LogP contribution in [0.4, 0.5) is 0 Å². The molecule has 1 amide bonds. The molecule has 4 atom stereocenters. The first kappa shape index (κ1) is 12.6. The van der Waals surface area contributed by atoms with Gasteiger partial charge in [0.15, 0.2) is 0 Å². The number of nitrogens with zero attached hydrogens (tertiary/aromatic N) is 1. The van der Waals surface area contributed by atoms with Gasteiger partial charge in [0, 0.05) is 26.2 Å². The maximum Gasteiger partial charge on any atom is 0.312 e. The number of fused-ring (bicyclic) bond motifs is 2. The van der Waals surface area contributed by atoms with E-state index in [1.54, 1.807) is 0 Å². The van der Waals surface area contributed by atoms with Crippen LogP contribution in [0.1, 0.15) is 0 Å². The number of amides is 1. The molecule has 6 heteroatoms. The SMILES string of the molecule is COC(=O)C1C(C(=O)N2CCNCC2)[C@@H]2C=C[C@H]1O2. The van der Waals surface area contributed by atoms with E-state index in [2.05, 4.69) is 5.32 Å². The fraction of sp³-hybridized carbons (Fsp3) is 0.692. The van der Waals surface area contributed by atoms with Gasteiger partial charge in [-0.3, -0.25) is 9.59 Å². The predicted molar refractivity (Wildman–Crippen MR) is 66.2 cm³/mol. The Kier molecular flexibility index (Phi) is 3.28. The van der Waals surface area contributed by atoms with Gasteiger partial charge in [-0.25, -0.2) is 0 Å². The van der Waals surface area contributed by atoms with Crippen molar-refractivity contribution < 1.29 is 19.1 Å². The number of nitrogens with one attached hydrogen (secondary N) is 1. The first-order valence-corrected chi connectivity index (χ1v) is 6.63. The van der Waals surface area contributed by atoms with Crippen LogP contribution in [-0.4, -0.2) is 62.3 Å². The van der Waals surface area contributed by atoms with Gasteiger partial charge >= 0.3 is 5.97 Å². The van der Waals surface area contributed by atoms with E-state index < -0.39 is 11.8 Å². The topological polar surface area (TPSA) is 67.9 Å². The van der Waals surface area contributed by atoms with Gasteiger partial charge in [0.25, 0.3) is 0 Å². The van der Waals surface area contributed by atoms with Gasteiger partial charge in [-0.05, 0) is 0 Å². The van der Waals surface area contributed by atoms with E-state index in [0.29, 0.717) is 13.1 Å². The molecule has 2 saturated heterocycles. The number of ether oxygens (including phenoxy) is 2. The summed E-state index contributed by atoms with van der Waals surface area (Å²) in [5, 5.41) is 3.21. The van der Waals surface area contributed by atoms with Crippen molar-refractivity contribution in [2.75, 3.05) is 33.3 Å². The van der Waals surface area contributed by atoms with Crippen LogP contribution in [-0.2, 0) is 19.1 Å². The Morgan fingerprint density at radius 1 is 1.21 bits per heavy atom. The lowest BCUT2D eigenvalue weighted by Crippen LogP contribution is -2.51. The molecule has 0 aliphatic carbocycles. The second-order valence-corrected chi connectivity index (χ2v) is 5.10. The van der Waals surface area contributed by atoms with Crippen molar-refractivity contribution in [3.63, 3.8) is 0 Å². The second-order valence-electron chi connectivity index (χ2n) is 5.10. The quantitative estimate of drug-likeness (QED) is 0.521. The van der Waals surface area contributed by atoms with Crippen LogP contribution in [0.2, 0.25) is 0 Å². The molecule has 0 aromatic heterocycles. The highest BCUT2D eigenvalue weighted by atomic mass is 16.5. The zero-order valence-electron chi connectivity index (χ0n) is 10.9. The molecule has 0 saturated carbocycles. The highest BCUT2D eigenvalue weighted by Crippen LogP contribution is 2.40. The lowest BCUT2D eigenvalue weighted by molar-refractivity contribution is -0.152. The molecule has 2 bridgehead atoms. The maximum absolute atomic E-state index is 12.6. The van der Waals surface area contributed by atoms with Crippen molar-refractivity contribution in [3.8, 4) is 0 Å². The lowest BCUT2D eigenvalue weighted by Gasteiger charge is -2.32. The summed E-state index contributed by atoms with van der Waals surface area (Å²) < 4.78 is 10.5. The number of piperazine rings is 1. The predicted octanol–water partition coefficient (Wildman–Crippen LogP) is -0.839. The van der Waals surface area contributed by atoms with Crippen LogP contribution in [0.5, 0.6) is 0 Å². The molecule has 104 valence electrons. The van der Waals surface area contributed by atoms with Gasteiger partial charge in [0.2, 0.25) is 5.91 Å². The third-order valence-corrected chi connectivity index (χ3v) is 4.09. The van der Waals surface area contributed by atoms with Gasteiger partial charge in [0.05, 0.1) is 25.2 Å². The first-order chi connectivity index (χ1) is 9.22. The summed E-state index contributed by atoms with van der Waals surface area (Å²) in [6.07, 6.45) is 3.15. The number of methoxy groups -OCH3 is 1. The molecular formula is C13H18N2O4. The monoisotopic (exact) mass is 266 g/mol. The van der Waals surface area contributed by atoms with E-state index in [4.69, 9.17) is 9.47 Å². The minimum atomic E-state index is -0.498. The lowest BCUT2D eigenvalue weighted by atomic mass is 9.82. The first-order valence-electron chi connectivity index (χ1n) is 6.63. The minimum absolute atomic E-state index is 0.00810. The highest BCUT2D eigenvalue weighted by Gasteiger charge is 2.54. The number of esters is 1. The summed E-state index contributed by atoms with van der Waals surface area (Å²) in [6.45, 7) is 2.97. The zero-order chi connectivity index (χ0) is 13.4. The van der Waals surface area contributed by atoms with E-state index in [9.17, 15) is 9.59 Å². The van der Waals surface area contributed by atoms with E-state index in [0.717, 1.165) is 13.1 Å².